The number of carbonyl (C=O) groups is 1. The molecule has 0 saturated carbocycles. The Bertz CT molecular complexity index is 2330. The standard InChI is InChI=1S/C34H29FN4O7S/c1-5-27(41)32-21-13-20(25(38(2)47(4,42)43)15-29(21)46-34(32)18-9-12-30(44-3)36-16-18)23-10-11-28-33(37-23)26-14-19-22(35)7-6-8-24(19)39(26)31(17-40)45-28/h6-16,31,40H,5,17H2,1-4H3. The van der Waals surface area contributed by atoms with E-state index in [1.807, 2.05) is 0 Å². The number of methoxy groups -OCH3 is 1. The van der Waals surface area contributed by atoms with E-state index in [1.54, 1.807) is 72.3 Å². The Kier molecular flexibility index (Phi) is 7.25. The molecule has 0 fully saturated rings. The topological polar surface area (TPSA) is 137 Å². The van der Waals surface area contributed by atoms with Gasteiger partial charge >= 0.3 is 0 Å². The number of benzene rings is 2. The molecular weight excluding hydrogens is 627 g/mol. The summed E-state index contributed by atoms with van der Waals surface area (Å²) in [5, 5.41) is 11.0. The Labute approximate surface area is 268 Å². The molecule has 47 heavy (non-hydrogen) atoms. The molecule has 4 aromatic heterocycles. The summed E-state index contributed by atoms with van der Waals surface area (Å²) in [6.07, 6.45) is 2.00. The lowest BCUT2D eigenvalue weighted by Crippen LogP contribution is -2.26. The molecule has 240 valence electrons. The van der Waals surface area contributed by atoms with Crippen molar-refractivity contribution in [1.29, 1.82) is 0 Å². The van der Waals surface area contributed by atoms with Crippen molar-refractivity contribution in [1.82, 2.24) is 14.5 Å². The maximum absolute atomic E-state index is 14.9. The van der Waals surface area contributed by atoms with Crippen molar-refractivity contribution >= 4 is 43.4 Å². The number of aliphatic hydroxyl groups excluding tert-OH is 1. The molecule has 0 spiro atoms. The summed E-state index contributed by atoms with van der Waals surface area (Å²) in [4.78, 5) is 22.6. The Balaban J connectivity index is 1.49. The maximum atomic E-state index is 14.9. The molecule has 7 rings (SSSR count). The Hall–Kier alpha value is -5.27. The second kappa shape index (κ2) is 11.2. The van der Waals surface area contributed by atoms with E-state index in [1.165, 1.54) is 20.2 Å². The van der Waals surface area contributed by atoms with Crippen LogP contribution in [0.2, 0.25) is 0 Å². The van der Waals surface area contributed by atoms with Crippen LogP contribution in [0.4, 0.5) is 10.1 Å². The van der Waals surface area contributed by atoms with Gasteiger partial charge in [0, 0.05) is 53.7 Å². The van der Waals surface area contributed by atoms with Gasteiger partial charge in [0.05, 0.1) is 48.1 Å². The van der Waals surface area contributed by atoms with Crippen LogP contribution in [0.15, 0.2) is 71.3 Å². The number of anilines is 1. The first kappa shape index (κ1) is 30.4. The molecule has 1 aliphatic rings. The Morgan fingerprint density at radius 3 is 2.62 bits per heavy atom. The average Bonchev–Trinajstić information content (AvgIpc) is 3.66. The Morgan fingerprint density at radius 2 is 1.94 bits per heavy atom. The third kappa shape index (κ3) is 4.89. The lowest BCUT2D eigenvalue weighted by Gasteiger charge is -2.28. The van der Waals surface area contributed by atoms with Gasteiger partial charge in [-0.2, -0.15) is 0 Å². The van der Waals surface area contributed by atoms with E-state index in [9.17, 15) is 22.7 Å². The summed E-state index contributed by atoms with van der Waals surface area (Å²) < 4.78 is 61.0. The summed E-state index contributed by atoms with van der Waals surface area (Å²) in [5.74, 6) is 0.431. The van der Waals surface area contributed by atoms with E-state index in [2.05, 4.69) is 4.98 Å². The second-order valence-electron chi connectivity index (χ2n) is 11.1. The van der Waals surface area contributed by atoms with Gasteiger partial charge in [0.15, 0.2) is 12.0 Å². The fourth-order valence-electron chi connectivity index (χ4n) is 5.97. The number of fused-ring (bicyclic) bond motifs is 6. The SMILES string of the molecule is CCC(=O)c1c(-c2ccc(OC)nc2)oc2cc(N(C)S(C)(=O)=O)c(-c3ccc4c(n3)-c3cc5c(F)cccc5n3C(CO)O4)cc12. The molecule has 1 atom stereocenters. The fraction of sp³-hybridized carbons (Fsp3) is 0.206. The first-order chi connectivity index (χ1) is 22.5. The van der Waals surface area contributed by atoms with Crippen LogP contribution >= 0.6 is 0 Å². The summed E-state index contributed by atoms with van der Waals surface area (Å²) in [6, 6.07) is 16.3. The van der Waals surface area contributed by atoms with Gasteiger partial charge in [-0.1, -0.05) is 13.0 Å². The predicted octanol–water partition coefficient (Wildman–Crippen LogP) is 6.20. The highest BCUT2D eigenvalue weighted by Crippen LogP contribution is 2.45. The van der Waals surface area contributed by atoms with Crippen molar-refractivity contribution in [2.24, 2.45) is 0 Å². The molecule has 1 aliphatic heterocycles. The van der Waals surface area contributed by atoms with Crippen molar-refractivity contribution in [2.75, 3.05) is 31.3 Å². The highest BCUT2D eigenvalue weighted by Gasteiger charge is 2.31. The van der Waals surface area contributed by atoms with Crippen LogP contribution < -0.4 is 13.8 Å². The number of aromatic nitrogens is 3. The molecular formula is C34H29FN4O7S. The summed E-state index contributed by atoms with van der Waals surface area (Å²) in [5.41, 5.74) is 3.60. The largest absolute Gasteiger partial charge is 0.481 e. The molecule has 0 aliphatic carbocycles. The van der Waals surface area contributed by atoms with Crippen molar-refractivity contribution in [3.63, 3.8) is 0 Å². The van der Waals surface area contributed by atoms with Gasteiger partial charge in [-0.05, 0) is 42.5 Å². The zero-order valence-electron chi connectivity index (χ0n) is 25.8. The molecule has 0 radical (unpaired) electrons. The number of hydrogen-bond donors (Lipinski definition) is 1. The smallest absolute Gasteiger partial charge is 0.232 e. The first-order valence-electron chi connectivity index (χ1n) is 14.7. The van der Waals surface area contributed by atoms with E-state index in [0.29, 0.717) is 73.0 Å². The van der Waals surface area contributed by atoms with E-state index in [0.717, 1.165) is 10.6 Å². The van der Waals surface area contributed by atoms with Crippen molar-refractivity contribution in [3.8, 4) is 45.6 Å². The number of furan rings is 1. The molecule has 1 unspecified atom stereocenters. The molecule has 1 N–H and O–H groups in total. The molecule has 0 amide bonds. The molecule has 13 heteroatoms. The van der Waals surface area contributed by atoms with Gasteiger partial charge in [0.25, 0.3) is 0 Å². The second-order valence-corrected chi connectivity index (χ2v) is 13.2. The minimum atomic E-state index is -3.76. The molecule has 6 aromatic rings. The van der Waals surface area contributed by atoms with Crippen molar-refractivity contribution in [2.45, 2.75) is 19.6 Å². The maximum Gasteiger partial charge on any atom is 0.232 e. The monoisotopic (exact) mass is 656 g/mol. The number of nitrogens with zero attached hydrogens (tertiary/aromatic N) is 4. The zero-order chi connectivity index (χ0) is 33.2. The summed E-state index contributed by atoms with van der Waals surface area (Å²) in [7, 11) is -0.843. The van der Waals surface area contributed by atoms with Crippen LogP contribution in [0.3, 0.4) is 0 Å². The summed E-state index contributed by atoms with van der Waals surface area (Å²) >= 11 is 0. The van der Waals surface area contributed by atoms with Gasteiger partial charge < -0.3 is 23.6 Å². The number of halogens is 1. The van der Waals surface area contributed by atoms with Gasteiger partial charge in [-0.3, -0.25) is 9.10 Å². The van der Waals surface area contributed by atoms with Crippen LogP contribution in [0.1, 0.15) is 29.9 Å². The lowest BCUT2D eigenvalue weighted by molar-refractivity contribution is 0.0609. The number of sulfonamides is 1. The number of carbonyl (C=O) groups excluding carboxylic acids is 1. The first-order valence-corrected chi connectivity index (χ1v) is 16.6. The Morgan fingerprint density at radius 1 is 1.13 bits per heavy atom. The molecule has 2 aromatic carbocycles. The lowest BCUT2D eigenvalue weighted by atomic mass is 9.98. The number of aliphatic hydroxyl groups is 1. The quantitative estimate of drug-likeness (QED) is 0.190. The number of rotatable bonds is 8. The number of hydrogen-bond acceptors (Lipinski definition) is 9. The van der Waals surface area contributed by atoms with E-state index in [4.69, 9.17) is 18.9 Å². The normalized spacial score (nSPS) is 14.1. The van der Waals surface area contributed by atoms with E-state index < -0.39 is 22.1 Å². The number of Topliss-reactive ketones (excluding diaryl/α,β-unsaturated/α-hetero) is 1. The molecule has 5 heterocycles. The fourth-order valence-corrected chi connectivity index (χ4v) is 6.48. The molecule has 0 saturated heterocycles. The van der Waals surface area contributed by atoms with Crippen LogP contribution in [0, 0.1) is 5.82 Å². The van der Waals surface area contributed by atoms with Gasteiger partial charge in [0.2, 0.25) is 15.9 Å². The molecule has 11 nitrogen and oxygen atoms in total. The van der Waals surface area contributed by atoms with Gasteiger partial charge in [0.1, 0.15) is 28.6 Å². The van der Waals surface area contributed by atoms with Crippen LogP contribution in [-0.2, 0) is 10.0 Å². The van der Waals surface area contributed by atoms with Crippen molar-refractivity contribution in [3.05, 3.63) is 78.2 Å². The summed E-state index contributed by atoms with van der Waals surface area (Å²) in [6.45, 7) is 1.38. The average molecular weight is 657 g/mol. The van der Waals surface area contributed by atoms with Gasteiger partial charge in [-0.25, -0.2) is 22.8 Å². The van der Waals surface area contributed by atoms with Crippen molar-refractivity contribution < 1.29 is 36.6 Å². The van der Waals surface area contributed by atoms with E-state index in [-0.39, 0.29) is 24.5 Å². The molecule has 0 bridgehead atoms. The van der Waals surface area contributed by atoms with Crippen LogP contribution in [-0.4, -0.2) is 60.9 Å². The van der Waals surface area contributed by atoms with Gasteiger partial charge in [-0.15, -0.1) is 0 Å². The number of pyridine rings is 2. The number of ketones is 1. The highest BCUT2D eigenvalue weighted by atomic mass is 32.2. The number of ether oxygens (including phenoxy) is 2. The zero-order valence-corrected chi connectivity index (χ0v) is 26.6. The predicted molar refractivity (Wildman–Crippen MR) is 175 cm³/mol. The highest BCUT2D eigenvalue weighted by molar-refractivity contribution is 7.92. The van der Waals surface area contributed by atoms with Crippen LogP contribution in [0.25, 0.3) is 55.8 Å². The van der Waals surface area contributed by atoms with E-state index >= 15 is 0 Å². The minimum Gasteiger partial charge on any atom is -0.481 e. The third-order valence-corrected chi connectivity index (χ3v) is 9.56. The van der Waals surface area contributed by atoms with Crippen LogP contribution in [0.5, 0.6) is 11.6 Å². The third-order valence-electron chi connectivity index (χ3n) is 8.36. The minimum absolute atomic E-state index is 0.182.